The van der Waals surface area contributed by atoms with Crippen molar-refractivity contribution in [2.75, 3.05) is 31.1 Å². The summed E-state index contributed by atoms with van der Waals surface area (Å²) in [5.41, 5.74) is 1.42. The van der Waals surface area contributed by atoms with E-state index in [9.17, 15) is 8.42 Å². The second-order valence-corrected chi connectivity index (χ2v) is 12.9. The Morgan fingerprint density at radius 1 is 1.00 bits per heavy atom. The van der Waals surface area contributed by atoms with Gasteiger partial charge in [0.15, 0.2) is 0 Å². The smallest absolute Gasteiger partial charge is 0.244 e. The number of nitrogens with zero attached hydrogens (tertiary/aromatic N) is 4. The maximum atomic E-state index is 13.3. The van der Waals surface area contributed by atoms with Crippen LogP contribution in [-0.2, 0) is 22.9 Å². The molecule has 33 heavy (non-hydrogen) atoms. The Hall–Kier alpha value is -1.45. The number of benzene rings is 1. The standard InChI is InChI=1S/C23H24Cl2N4O2S2/c24-15-7-8-17(25)19(13-15)33(30,31)29-11-9-28(10-12-29)22-20-16-3-1-2-4-18(16)32-23(20)27-21(26-22)14-5-6-14/h7-8,13-14H,1-6,9-12H2. The molecule has 0 unspecified atom stereocenters. The molecule has 3 aromatic rings. The Bertz CT molecular complexity index is 1350. The predicted molar refractivity (Wildman–Crippen MR) is 133 cm³/mol. The highest BCUT2D eigenvalue weighted by Crippen LogP contribution is 2.44. The first-order chi connectivity index (χ1) is 15.9. The fourth-order valence-corrected chi connectivity index (χ4v) is 8.28. The van der Waals surface area contributed by atoms with Crippen LogP contribution in [0, 0.1) is 0 Å². The maximum Gasteiger partial charge on any atom is 0.244 e. The van der Waals surface area contributed by atoms with Gasteiger partial charge in [-0.2, -0.15) is 4.31 Å². The molecule has 0 N–H and O–H groups in total. The van der Waals surface area contributed by atoms with Crippen LogP contribution < -0.4 is 4.90 Å². The van der Waals surface area contributed by atoms with Crippen LogP contribution in [0.5, 0.6) is 0 Å². The largest absolute Gasteiger partial charge is 0.353 e. The average Bonchev–Trinajstić information content (AvgIpc) is 3.60. The van der Waals surface area contributed by atoms with Crippen LogP contribution in [0.1, 0.15) is 47.9 Å². The number of aromatic nitrogens is 2. The van der Waals surface area contributed by atoms with Crippen LogP contribution in [0.15, 0.2) is 23.1 Å². The van der Waals surface area contributed by atoms with Crippen LogP contribution >= 0.6 is 34.5 Å². The van der Waals surface area contributed by atoms with Gasteiger partial charge in [0.05, 0.1) is 10.4 Å². The zero-order valence-corrected chi connectivity index (χ0v) is 21.2. The number of halogens is 2. The lowest BCUT2D eigenvalue weighted by molar-refractivity contribution is 0.384. The Morgan fingerprint density at radius 2 is 1.76 bits per heavy atom. The molecule has 6 rings (SSSR count). The molecule has 10 heteroatoms. The zero-order chi connectivity index (χ0) is 22.7. The first-order valence-corrected chi connectivity index (χ1v) is 14.5. The molecule has 1 saturated heterocycles. The van der Waals surface area contributed by atoms with E-state index >= 15 is 0 Å². The van der Waals surface area contributed by atoms with Crippen molar-refractivity contribution in [1.82, 2.24) is 14.3 Å². The van der Waals surface area contributed by atoms with Crippen molar-refractivity contribution in [2.24, 2.45) is 0 Å². The van der Waals surface area contributed by atoms with E-state index in [1.807, 2.05) is 11.3 Å². The van der Waals surface area contributed by atoms with Crippen molar-refractivity contribution < 1.29 is 8.42 Å². The third-order valence-corrected chi connectivity index (χ3v) is 10.6. The van der Waals surface area contributed by atoms with Gasteiger partial charge < -0.3 is 4.90 Å². The third kappa shape index (κ3) is 3.93. The minimum absolute atomic E-state index is 0.0671. The summed E-state index contributed by atoms with van der Waals surface area (Å²) in [7, 11) is -3.72. The maximum absolute atomic E-state index is 13.3. The number of hydrogen-bond acceptors (Lipinski definition) is 6. The van der Waals surface area contributed by atoms with E-state index in [4.69, 9.17) is 33.2 Å². The van der Waals surface area contributed by atoms with Gasteiger partial charge in [-0.05, 0) is 62.3 Å². The fourth-order valence-electron chi connectivity index (χ4n) is 4.86. The summed E-state index contributed by atoms with van der Waals surface area (Å²) in [5.74, 6) is 2.43. The number of fused-ring (bicyclic) bond motifs is 3. The van der Waals surface area contributed by atoms with E-state index in [1.54, 1.807) is 6.07 Å². The molecule has 3 heterocycles. The molecule has 0 bridgehead atoms. The minimum Gasteiger partial charge on any atom is -0.353 e. The van der Waals surface area contributed by atoms with Crippen molar-refractivity contribution in [3.63, 3.8) is 0 Å². The van der Waals surface area contributed by atoms with Crippen LogP contribution in [0.25, 0.3) is 10.2 Å². The number of piperazine rings is 1. The first-order valence-electron chi connectivity index (χ1n) is 11.4. The number of hydrogen-bond donors (Lipinski definition) is 0. The topological polar surface area (TPSA) is 66.4 Å². The van der Waals surface area contributed by atoms with Gasteiger partial charge in [-0.15, -0.1) is 11.3 Å². The van der Waals surface area contributed by atoms with Crippen molar-refractivity contribution >= 4 is 60.6 Å². The SMILES string of the molecule is O=S(=O)(c1cc(Cl)ccc1Cl)N1CCN(c2nc(C3CC3)nc3sc4c(c23)CCCC4)CC1. The first kappa shape index (κ1) is 22.0. The second kappa shape index (κ2) is 8.34. The van der Waals surface area contributed by atoms with Crippen LogP contribution in [-0.4, -0.2) is 48.9 Å². The molecule has 1 saturated carbocycles. The molecule has 0 radical (unpaired) electrons. The van der Waals surface area contributed by atoms with E-state index < -0.39 is 10.0 Å². The molecule has 1 aromatic carbocycles. The van der Waals surface area contributed by atoms with E-state index in [-0.39, 0.29) is 9.92 Å². The van der Waals surface area contributed by atoms with Crippen molar-refractivity contribution in [2.45, 2.75) is 49.3 Å². The highest BCUT2D eigenvalue weighted by Gasteiger charge is 2.34. The Balaban J connectivity index is 1.32. The van der Waals surface area contributed by atoms with Crippen LogP contribution in [0.4, 0.5) is 5.82 Å². The summed E-state index contributed by atoms with van der Waals surface area (Å²) in [6.45, 7) is 1.92. The van der Waals surface area contributed by atoms with E-state index in [1.165, 1.54) is 45.1 Å². The van der Waals surface area contributed by atoms with Gasteiger partial charge in [0.1, 0.15) is 21.4 Å². The molecule has 174 valence electrons. The number of thiophene rings is 1. The number of anilines is 1. The normalized spacial score (nSPS) is 19.8. The average molecular weight is 524 g/mol. The molecule has 0 amide bonds. The molecule has 2 fully saturated rings. The zero-order valence-electron chi connectivity index (χ0n) is 18.1. The van der Waals surface area contributed by atoms with Gasteiger partial charge >= 0.3 is 0 Å². The molecule has 2 aliphatic carbocycles. The Kier molecular flexibility index (Phi) is 5.57. The molecule has 0 spiro atoms. The van der Waals surface area contributed by atoms with Gasteiger partial charge in [-0.1, -0.05) is 23.2 Å². The second-order valence-electron chi connectivity index (χ2n) is 9.04. The van der Waals surface area contributed by atoms with Crippen molar-refractivity contribution in [3.05, 3.63) is 44.5 Å². The quantitative estimate of drug-likeness (QED) is 0.467. The van der Waals surface area contributed by atoms with Gasteiger partial charge in [-0.25, -0.2) is 18.4 Å². The molecular weight excluding hydrogens is 499 g/mol. The van der Waals surface area contributed by atoms with Gasteiger partial charge in [0.2, 0.25) is 10.0 Å². The van der Waals surface area contributed by atoms with Crippen molar-refractivity contribution in [1.29, 1.82) is 0 Å². The van der Waals surface area contributed by atoms with Crippen LogP contribution in [0.2, 0.25) is 10.0 Å². The third-order valence-electron chi connectivity index (χ3n) is 6.80. The Morgan fingerprint density at radius 3 is 2.52 bits per heavy atom. The predicted octanol–water partition coefficient (Wildman–Crippen LogP) is 5.27. The molecule has 3 aliphatic rings. The summed E-state index contributed by atoms with van der Waals surface area (Å²) in [4.78, 5) is 14.9. The lowest BCUT2D eigenvalue weighted by atomic mass is 9.97. The van der Waals surface area contributed by atoms with Gasteiger partial charge in [0.25, 0.3) is 0 Å². The van der Waals surface area contributed by atoms with Crippen molar-refractivity contribution in [3.8, 4) is 0 Å². The monoisotopic (exact) mass is 522 g/mol. The lowest BCUT2D eigenvalue weighted by Gasteiger charge is -2.35. The summed E-state index contributed by atoms with van der Waals surface area (Å²) in [5, 5.41) is 1.75. The molecular formula is C23H24Cl2N4O2S2. The molecule has 6 nitrogen and oxygen atoms in total. The van der Waals surface area contributed by atoms with E-state index in [0.717, 1.165) is 42.2 Å². The summed E-state index contributed by atoms with van der Waals surface area (Å²) < 4.78 is 28.0. The van der Waals surface area contributed by atoms with E-state index in [0.29, 0.717) is 37.1 Å². The number of rotatable bonds is 4. The highest BCUT2D eigenvalue weighted by molar-refractivity contribution is 7.89. The summed E-state index contributed by atoms with van der Waals surface area (Å²) in [6, 6.07) is 4.56. The lowest BCUT2D eigenvalue weighted by Crippen LogP contribution is -2.49. The molecule has 0 atom stereocenters. The molecule has 2 aromatic heterocycles. The van der Waals surface area contributed by atoms with Gasteiger partial charge in [-0.3, -0.25) is 0 Å². The fraction of sp³-hybridized carbons (Fsp3) is 0.478. The Labute approximate surface area is 207 Å². The summed E-state index contributed by atoms with van der Waals surface area (Å²) in [6.07, 6.45) is 6.96. The minimum atomic E-state index is -3.72. The summed E-state index contributed by atoms with van der Waals surface area (Å²) >= 11 is 14.1. The highest BCUT2D eigenvalue weighted by atomic mass is 35.5. The van der Waals surface area contributed by atoms with Crippen LogP contribution in [0.3, 0.4) is 0 Å². The number of aryl methyl sites for hydroxylation is 2. The van der Waals surface area contributed by atoms with Gasteiger partial charge in [0, 0.05) is 42.0 Å². The van der Waals surface area contributed by atoms with E-state index in [2.05, 4.69) is 4.90 Å². The number of sulfonamides is 1. The molecule has 1 aliphatic heterocycles.